The van der Waals surface area contributed by atoms with Crippen molar-refractivity contribution in [1.82, 2.24) is 9.78 Å². The van der Waals surface area contributed by atoms with Crippen LogP contribution in [0.2, 0.25) is 5.02 Å². The van der Waals surface area contributed by atoms with Gasteiger partial charge in [0.15, 0.2) is 0 Å². The number of carbonyl (C=O) groups is 2. The lowest BCUT2D eigenvalue weighted by Gasteiger charge is -2.61. The zero-order valence-corrected chi connectivity index (χ0v) is 19.5. The third-order valence-corrected chi connectivity index (χ3v) is 8.13. The summed E-state index contributed by atoms with van der Waals surface area (Å²) in [4.78, 5) is 36.4. The Bertz CT molecular complexity index is 1230. The number of ether oxygens (including phenoxy) is 1. The lowest BCUT2D eigenvalue weighted by atomic mass is 9.46. The maximum Gasteiger partial charge on any atom is 0.335 e. The van der Waals surface area contributed by atoms with Gasteiger partial charge in [-0.1, -0.05) is 11.6 Å². The Balaban J connectivity index is 1.50. The van der Waals surface area contributed by atoms with Gasteiger partial charge in [-0.2, -0.15) is 5.10 Å². The van der Waals surface area contributed by atoms with E-state index in [1.807, 2.05) is 0 Å². The number of hydrogen-bond acceptors (Lipinski definition) is 6. The van der Waals surface area contributed by atoms with Crippen LogP contribution in [0.3, 0.4) is 0 Å². The standard InChI is InChI=1S/C24H26ClN3O6/c1-34-18-3-2-15(22(32)33)5-16(18)27-17-11-26-28(21(31)20(17)25)24-8-13-4-14(9-24)7-23(6-13,12-24)10-19(29)30/h2-3,5,11,13-14,27H,4,6-10,12H2,1H3,(H,29,30)(H,32,33). The van der Waals surface area contributed by atoms with E-state index < -0.39 is 23.0 Å². The van der Waals surface area contributed by atoms with E-state index in [0.717, 1.165) is 32.1 Å². The summed E-state index contributed by atoms with van der Waals surface area (Å²) in [6.07, 6.45) is 6.65. The van der Waals surface area contributed by atoms with Crippen LogP contribution in [0.4, 0.5) is 11.4 Å². The van der Waals surface area contributed by atoms with Crippen LogP contribution < -0.4 is 15.6 Å². The highest BCUT2D eigenvalue weighted by molar-refractivity contribution is 6.33. The van der Waals surface area contributed by atoms with Gasteiger partial charge in [0, 0.05) is 0 Å². The van der Waals surface area contributed by atoms with Gasteiger partial charge in [-0.05, 0) is 74.0 Å². The van der Waals surface area contributed by atoms with Crippen molar-refractivity contribution in [3.63, 3.8) is 0 Å². The Morgan fingerprint density at radius 1 is 1.21 bits per heavy atom. The molecule has 4 bridgehead atoms. The molecule has 1 aromatic heterocycles. The van der Waals surface area contributed by atoms with Crippen LogP contribution in [0.15, 0.2) is 29.2 Å². The summed E-state index contributed by atoms with van der Waals surface area (Å²) in [6.45, 7) is 0. The SMILES string of the molecule is COc1ccc(C(=O)O)cc1Nc1cnn(C23CC4CC(CC(CC(=O)O)(C4)C2)C3)c(=O)c1Cl. The number of aromatic nitrogens is 2. The largest absolute Gasteiger partial charge is 0.495 e. The molecule has 2 unspecified atom stereocenters. The first kappa shape index (κ1) is 22.7. The highest BCUT2D eigenvalue weighted by Crippen LogP contribution is 2.65. The number of benzene rings is 1. The smallest absolute Gasteiger partial charge is 0.335 e. The Labute approximate surface area is 200 Å². The minimum atomic E-state index is -1.09. The van der Waals surface area contributed by atoms with Gasteiger partial charge in [-0.3, -0.25) is 9.59 Å². The molecule has 2 aromatic rings. The average Bonchev–Trinajstić information content (AvgIpc) is 2.74. The van der Waals surface area contributed by atoms with Crippen molar-refractivity contribution in [2.24, 2.45) is 17.3 Å². The fourth-order valence-corrected chi connectivity index (χ4v) is 7.30. The van der Waals surface area contributed by atoms with Crippen molar-refractivity contribution >= 4 is 34.9 Å². The van der Waals surface area contributed by atoms with E-state index in [1.165, 1.54) is 36.2 Å². The molecule has 0 radical (unpaired) electrons. The van der Waals surface area contributed by atoms with Gasteiger partial charge < -0.3 is 20.3 Å². The highest BCUT2D eigenvalue weighted by atomic mass is 35.5. The quantitative estimate of drug-likeness (QED) is 0.531. The number of nitrogens with one attached hydrogen (secondary N) is 1. The first-order valence-electron chi connectivity index (χ1n) is 11.3. The number of carboxylic acid groups (broad SMARTS) is 2. The summed E-state index contributed by atoms with van der Waals surface area (Å²) < 4.78 is 6.79. The zero-order valence-electron chi connectivity index (χ0n) is 18.7. The van der Waals surface area contributed by atoms with E-state index in [0.29, 0.717) is 29.7 Å². The van der Waals surface area contributed by atoms with Gasteiger partial charge in [0.2, 0.25) is 0 Å². The van der Waals surface area contributed by atoms with E-state index >= 15 is 0 Å². The molecule has 1 aromatic carbocycles. The number of nitrogens with zero attached hydrogens (tertiary/aromatic N) is 2. The van der Waals surface area contributed by atoms with Crippen molar-refractivity contribution < 1.29 is 24.5 Å². The summed E-state index contributed by atoms with van der Waals surface area (Å²) in [5, 5.41) is 26.3. The van der Waals surface area contributed by atoms with Crippen molar-refractivity contribution in [2.45, 2.75) is 50.5 Å². The molecule has 9 nitrogen and oxygen atoms in total. The van der Waals surface area contributed by atoms with Crippen LogP contribution in [-0.2, 0) is 10.3 Å². The van der Waals surface area contributed by atoms with E-state index in [9.17, 15) is 24.6 Å². The summed E-state index contributed by atoms with van der Waals surface area (Å²) in [5.41, 5.74) is -0.622. The van der Waals surface area contributed by atoms with E-state index in [2.05, 4.69) is 10.4 Å². The predicted octanol–water partition coefficient (Wildman–Crippen LogP) is 4.12. The number of aliphatic carboxylic acids is 1. The van der Waals surface area contributed by atoms with Gasteiger partial charge in [-0.25, -0.2) is 9.48 Å². The molecule has 0 aliphatic heterocycles. The second kappa shape index (κ2) is 8.01. The molecule has 180 valence electrons. The molecule has 10 heteroatoms. The van der Waals surface area contributed by atoms with Gasteiger partial charge in [0.25, 0.3) is 5.56 Å². The minimum absolute atomic E-state index is 0.0537. The summed E-state index contributed by atoms with van der Waals surface area (Å²) in [5.74, 6) is -0.736. The number of aromatic carboxylic acids is 1. The molecule has 4 saturated carbocycles. The maximum absolute atomic E-state index is 13.4. The van der Waals surface area contributed by atoms with Crippen LogP contribution in [-0.4, -0.2) is 39.0 Å². The molecule has 1 heterocycles. The number of hydrogen-bond donors (Lipinski definition) is 3. The first-order valence-corrected chi connectivity index (χ1v) is 11.7. The third kappa shape index (κ3) is 3.72. The topological polar surface area (TPSA) is 131 Å². The van der Waals surface area contributed by atoms with Crippen molar-refractivity contribution in [3.8, 4) is 5.75 Å². The van der Waals surface area contributed by atoms with Crippen LogP contribution in [0.25, 0.3) is 0 Å². The fourth-order valence-electron chi connectivity index (χ4n) is 7.12. The summed E-state index contributed by atoms with van der Waals surface area (Å²) >= 11 is 6.52. The van der Waals surface area contributed by atoms with Crippen LogP contribution in [0.5, 0.6) is 5.75 Å². The number of carboxylic acids is 2. The number of rotatable bonds is 7. The van der Waals surface area contributed by atoms with Crippen LogP contribution in [0, 0.1) is 17.3 Å². The lowest BCUT2D eigenvalue weighted by molar-refractivity contribution is -0.151. The second-order valence-electron chi connectivity index (χ2n) is 10.2. The van der Waals surface area contributed by atoms with E-state index in [1.54, 1.807) is 0 Å². The zero-order chi connectivity index (χ0) is 24.3. The van der Waals surface area contributed by atoms with Crippen molar-refractivity contribution in [3.05, 3.63) is 45.3 Å². The Morgan fingerprint density at radius 2 is 1.91 bits per heavy atom. The van der Waals surface area contributed by atoms with E-state index in [4.69, 9.17) is 16.3 Å². The van der Waals surface area contributed by atoms with Crippen LogP contribution >= 0.6 is 11.6 Å². The minimum Gasteiger partial charge on any atom is -0.495 e. The monoisotopic (exact) mass is 487 g/mol. The molecule has 0 spiro atoms. The molecule has 4 aliphatic rings. The second-order valence-corrected chi connectivity index (χ2v) is 10.6. The fraction of sp³-hybridized carbons (Fsp3) is 0.500. The van der Waals surface area contributed by atoms with Gasteiger partial charge >= 0.3 is 11.9 Å². The Hall–Kier alpha value is -3.07. The Kier molecular flexibility index (Phi) is 5.35. The Morgan fingerprint density at radius 3 is 2.53 bits per heavy atom. The van der Waals surface area contributed by atoms with Gasteiger partial charge in [0.1, 0.15) is 10.8 Å². The number of anilines is 2. The molecular weight excluding hydrogens is 462 g/mol. The molecule has 3 N–H and O–H groups in total. The normalized spacial score (nSPS) is 29.1. The number of methoxy groups -OCH3 is 1. The summed E-state index contributed by atoms with van der Waals surface area (Å²) in [6, 6.07) is 4.34. The number of halogens is 1. The third-order valence-electron chi connectivity index (χ3n) is 7.76. The molecule has 4 aliphatic carbocycles. The van der Waals surface area contributed by atoms with Crippen LogP contribution in [0.1, 0.15) is 55.3 Å². The van der Waals surface area contributed by atoms with Crippen molar-refractivity contribution in [1.29, 1.82) is 0 Å². The maximum atomic E-state index is 13.4. The van der Waals surface area contributed by atoms with E-state index in [-0.39, 0.29) is 28.1 Å². The molecule has 4 fully saturated rings. The van der Waals surface area contributed by atoms with Gasteiger partial charge in [0.05, 0.1) is 42.2 Å². The summed E-state index contributed by atoms with van der Waals surface area (Å²) in [7, 11) is 1.46. The van der Waals surface area contributed by atoms with Crippen molar-refractivity contribution in [2.75, 3.05) is 12.4 Å². The first-order chi connectivity index (χ1) is 16.1. The average molecular weight is 488 g/mol. The molecule has 0 amide bonds. The van der Waals surface area contributed by atoms with Gasteiger partial charge in [-0.15, -0.1) is 0 Å². The molecule has 34 heavy (non-hydrogen) atoms. The highest BCUT2D eigenvalue weighted by Gasteiger charge is 2.59. The lowest BCUT2D eigenvalue weighted by Crippen LogP contribution is -2.59. The molecule has 0 saturated heterocycles. The molecule has 6 rings (SSSR count). The molecular formula is C24H26ClN3O6. The predicted molar refractivity (Wildman–Crippen MR) is 124 cm³/mol. The molecule has 2 atom stereocenters.